The predicted molar refractivity (Wildman–Crippen MR) is 147 cm³/mol. The summed E-state index contributed by atoms with van der Waals surface area (Å²) in [7, 11) is 0. The summed E-state index contributed by atoms with van der Waals surface area (Å²) in [5.41, 5.74) is -0.702. The summed E-state index contributed by atoms with van der Waals surface area (Å²) in [5, 5.41) is 11.6. The summed E-state index contributed by atoms with van der Waals surface area (Å²) in [6, 6.07) is 0. The number of hydrogen-bond acceptors (Lipinski definition) is 8. The van der Waals surface area contributed by atoms with Crippen molar-refractivity contribution in [3.05, 3.63) is 0 Å². The van der Waals surface area contributed by atoms with Crippen LogP contribution in [0.2, 0.25) is 0 Å². The maximum atomic E-state index is 11.2. The predicted octanol–water partition coefficient (Wildman–Crippen LogP) is 3.36. The second kappa shape index (κ2) is 20.4. The molecule has 3 aliphatic rings. The van der Waals surface area contributed by atoms with E-state index in [9.17, 15) is 14.4 Å². The lowest BCUT2D eigenvalue weighted by atomic mass is 10.2. The summed E-state index contributed by atoms with van der Waals surface area (Å²) >= 11 is 2.99. The van der Waals surface area contributed by atoms with Gasteiger partial charge in [0.25, 0.3) is 0 Å². The van der Waals surface area contributed by atoms with Gasteiger partial charge in [-0.2, -0.15) is 0 Å². The molecule has 3 saturated heterocycles. The molecule has 0 spiro atoms. The second-order valence-electron chi connectivity index (χ2n) is 10.1. The van der Waals surface area contributed by atoms with Gasteiger partial charge in [-0.1, -0.05) is 15.9 Å². The largest absolute Gasteiger partial charge is 0.480 e. The van der Waals surface area contributed by atoms with Gasteiger partial charge in [0, 0.05) is 0 Å². The first kappa shape index (κ1) is 38.9. The van der Waals surface area contributed by atoms with Crippen LogP contribution >= 0.6 is 40.7 Å². The molecule has 12 heteroatoms. The van der Waals surface area contributed by atoms with Crippen LogP contribution < -0.4 is 5.32 Å². The highest BCUT2D eigenvalue weighted by molar-refractivity contribution is 9.09. The summed E-state index contributed by atoms with van der Waals surface area (Å²) in [5.74, 6) is -1.05. The van der Waals surface area contributed by atoms with E-state index >= 15 is 0 Å². The van der Waals surface area contributed by atoms with E-state index in [2.05, 4.69) is 26.1 Å². The zero-order valence-corrected chi connectivity index (χ0v) is 25.3. The number of carbonyl (C=O) groups is 3. The van der Waals surface area contributed by atoms with Gasteiger partial charge in [-0.3, -0.25) is 24.2 Å². The highest BCUT2D eigenvalue weighted by atomic mass is 79.9. The van der Waals surface area contributed by atoms with Crippen molar-refractivity contribution in [3.8, 4) is 0 Å². The number of hydrogen-bond donors (Lipinski definition) is 2. The van der Waals surface area contributed by atoms with E-state index in [1.165, 1.54) is 25.9 Å². The monoisotopic (exact) mass is 609 g/mol. The van der Waals surface area contributed by atoms with Crippen LogP contribution in [-0.4, -0.2) is 102 Å². The summed E-state index contributed by atoms with van der Waals surface area (Å²) in [6.45, 7) is 18.4. The molecule has 210 valence electrons. The minimum absolute atomic E-state index is 0. The minimum Gasteiger partial charge on any atom is -0.480 e. The highest BCUT2D eigenvalue weighted by Gasteiger charge is 2.21. The van der Waals surface area contributed by atoms with Gasteiger partial charge in [0.05, 0.1) is 13.1 Å². The number of alkyl halides is 1. The summed E-state index contributed by atoms with van der Waals surface area (Å²) in [4.78, 5) is 35.7. The lowest BCUT2D eigenvalue weighted by Crippen LogP contribution is -2.42. The fourth-order valence-corrected chi connectivity index (χ4v) is 2.49. The van der Waals surface area contributed by atoms with Crippen molar-refractivity contribution in [3.63, 3.8) is 0 Å². The molecular formula is C23H46BrCl2N3O6. The van der Waals surface area contributed by atoms with Gasteiger partial charge in [0.1, 0.15) is 16.5 Å². The van der Waals surface area contributed by atoms with E-state index in [-0.39, 0.29) is 59.8 Å². The second-order valence-corrected chi connectivity index (χ2v) is 10.6. The smallest absolute Gasteiger partial charge is 0.320 e. The molecule has 9 nitrogen and oxygen atoms in total. The van der Waals surface area contributed by atoms with Gasteiger partial charge in [0.15, 0.2) is 0 Å². The van der Waals surface area contributed by atoms with E-state index in [4.69, 9.17) is 14.6 Å². The molecule has 2 N–H and O–H groups in total. The van der Waals surface area contributed by atoms with Crippen molar-refractivity contribution in [2.45, 2.75) is 72.0 Å². The molecule has 0 amide bonds. The molecule has 0 aromatic rings. The van der Waals surface area contributed by atoms with E-state index in [0.29, 0.717) is 6.54 Å². The number of halogens is 3. The van der Waals surface area contributed by atoms with Crippen LogP contribution in [0.1, 0.15) is 60.8 Å². The third kappa shape index (κ3) is 26.2. The first-order valence-corrected chi connectivity index (χ1v) is 12.7. The Bertz CT molecular complexity index is 585. The Balaban J connectivity index is -0.000000402. The molecule has 0 saturated carbocycles. The molecule has 3 fully saturated rings. The van der Waals surface area contributed by atoms with Gasteiger partial charge in [-0.05, 0) is 100 Å². The molecule has 3 aliphatic heterocycles. The number of rotatable bonds is 5. The van der Waals surface area contributed by atoms with Crippen LogP contribution in [0.25, 0.3) is 0 Å². The maximum absolute atomic E-state index is 11.2. The normalized spacial score (nSPS) is 16.5. The first-order chi connectivity index (χ1) is 15.2. The van der Waals surface area contributed by atoms with Crippen molar-refractivity contribution in [1.29, 1.82) is 0 Å². The van der Waals surface area contributed by atoms with Crippen LogP contribution in [0, 0.1) is 0 Å². The Morgan fingerprint density at radius 1 is 0.771 bits per heavy atom. The van der Waals surface area contributed by atoms with Crippen LogP contribution in [0.15, 0.2) is 0 Å². The minimum atomic E-state index is -0.718. The van der Waals surface area contributed by atoms with Crippen molar-refractivity contribution < 1.29 is 29.0 Å². The van der Waals surface area contributed by atoms with Crippen LogP contribution in [0.4, 0.5) is 0 Å². The average molecular weight is 611 g/mol. The number of ether oxygens (including phenoxy) is 2. The number of nitrogens with zero attached hydrogens (tertiary/aromatic N) is 2. The Hall–Kier alpha value is -0.650. The molecule has 0 aromatic carbocycles. The van der Waals surface area contributed by atoms with E-state index < -0.39 is 5.97 Å². The summed E-state index contributed by atoms with van der Waals surface area (Å²) < 4.78 is 10.1. The number of esters is 2. The molecule has 0 aromatic heterocycles. The number of carbonyl (C=O) groups excluding carboxylic acids is 2. The third-order valence-electron chi connectivity index (χ3n) is 4.27. The van der Waals surface area contributed by atoms with Gasteiger partial charge in [0.2, 0.25) is 0 Å². The van der Waals surface area contributed by atoms with Gasteiger partial charge in [-0.25, -0.2) is 0 Å². The Morgan fingerprint density at radius 2 is 1.11 bits per heavy atom. The molecule has 0 bridgehead atoms. The SMILES string of the molecule is C1CNC1.CC(C)(C)OC(=O)CBr.CC(C)(C)OC(=O)CN1CCC1.Cl.Cl.O=C(O)CN1CCC1. The van der Waals surface area contributed by atoms with Crippen LogP contribution in [-0.2, 0) is 23.9 Å². The lowest BCUT2D eigenvalue weighted by molar-refractivity contribution is -0.157. The molecule has 0 unspecified atom stereocenters. The van der Waals surface area contributed by atoms with E-state index in [1.54, 1.807) is 0 Å². The van der Waals surface area contributed by atoms with Gasteiger partial charge in [-0.15, -0.1) is 24.8 Å². The molecule has 35 heavy (non-hydrogen) atoms. The quantitative estimate of drug-likeness (QED) is 0.358. The molecule has 0 radical (unpaired) electrons. The van der Waals surface area contributed by atoms with Crippen molar-refractivity contribution in [1.82, 2.24) is 15.1 Å². The third-order valence-corrected chi connectivity index (χ3v) is 4.72. The molecule has 0 aliphatic carbocycles. The Labute approximate surface area is 232 Å². The van der Waals surface area contributed by atoms with Crippen LogP contribution in [0.5, 0.6) is 0 Å². The van der Waals surface area contributed by atoms with Crippen molar-refractivity contribution in [2.24, 2.45) is 0 Å². The molecule has 3 rings (SSSR count). The van der Waals surface area contributed by atoms with Crippen molar-refractivity contribution in [2.75, 3.05) is 57.7 Å². The van der Waals surface area contributed by atoms with Crippen molar-refractivity contribution >= 4 is 58.7 Å². The number of carboxylic acid groups (broad SMARTS) is 1. The molecular weight excluding hydrogens is 565 g/mol. The zero-order chi connectivity index (χ0) is 25.5. The van der Waals surface area contributed by atoms with E-state index in [1.807, 2.05) is 46.4 Å². The molecule has 0 atom stereocenters. The Kier molecular flexibility index (Phi) is 22.7. The first-order valence-electron chi connectivity index (χ1n) is 11.6. The number of likely N-dealkylation sites (tertiary alicyclic amines) is 2. The number of aliphatic carboxylic acids is 1. The topological polar surface area (TPSA) is 108 Å². The van der Waals surface area contributed by atoms with Gasteiger partial charge >= 0.3 is 17.9 Å². The maximum Gasteiger partial charge on any atom is 0.320 e. The molecule has 3 heterocycles. The fraction of sp³-hybridized carbons (Fsp3) is 0.870. The fourth-order valence-electron chi connectivity index (χ4n) is 2.37. The summed E-state index contributed by atoms with van der Waals surface area (Å²) in [6.07, 6.45) is 3.76. The van der Waals surface area contributed by atoms with Gasteiger partial charge < -0.3 is 19.9 Å². The number of carboxylic acids is 1. The standard InChI is InChI=1S/C9H17NO2.C6H11BrO2.C5H9NO2.C3H7N.2ClH/c1-9(2,3)12-8(11)7-10-5-4-6-10;1-6(2,3)9-5(8)4-7;7-5(8)4-6-2-1-3-6;1-2-4-3-1;;/h4-7H2,1-3H3;4H2,1-3H3;1-4H2,(H,7,8);4H,1-3H2;2*1H. The van der Waals surface area contributed by atoms with E-state index in [0.717, 1.165) is 32.6 Å². The average Bonchev–Trinajstić information content (AvgIpc) is 2.51. The van der Waals surface area contributed by atoms with Crippen LogP contribution in [0.3, 0.4) is 0 Å². The highest BCUT2D eigenvalue weighted by Crippen LogP contribution is 2.10. The zero-order valence-electron chi connectivity index (χ0n) is 22.1. The Morgan fingerprint density at radius 3 is 1.29 bits per heavy atom. The lowest BCUT2D eigenvalue weighted by Gasteiger charge is -2.30. The number of nitrogens with one attached hydrogen (secondary N) is 1.